The summed E-state index contributed by atoms with van der Waals surface area (Å²) in [5.74, 6) is 0.637. The molecule has 1 aromatic carbocycles. The van der Waals surface area contributed by atoms with E-state index in [1.807, 2.05) is 29.6 Å². The van der Waals surface area contributed by atoms with Gasteiger partial charge in [-0.2, -0.15) is 0 Å². The standard InChI is InChI=1S/C18H21NO2S/c1-11-7-8-14-15(10-22-17(14)9-11)18(21)19-16-6-4-3-5-13(16)12(2)20/h3-6,10-12,20H,7-9H2,1-2H3,(H,19,21). The van der Waals surface area contributed by atoms with Crippen molar-refractivity contribution in [3.8, 4) is 0 Å². The first-order chi connectivity index (χ1) is 10.6. The lowest BCUT2D eigenvalue weighted by atomic mass is 9.88. The van der Waals surface area contributed by atoms with Gasteiger partial charge in [-0.15, -0.1) is 11.3 Å². The number of aliphatic hydroxyl groups excluding tert-OH is 1. The maximum absolute atomic E-state index is 12.6. The molecule has 0 spiro atoms. The van der Waals surface area contributed by atoms with Crippen LogP contribution in [0.4, 0.5) is 5.69 Å². The Bertz CT molecular complexity index is 690. The second-order valence-corrected chi connectivity index (χ2v) is 7.08. The molecule has 3 nitrogen and oxygen atoms in total. The van der Waals surface area contributed by atoms with E-state index < -0.39 is 6.10 Å². The van der Waals surface area contributed by atoms with Crippen LogP contribution in [0.5, 0.6) is 0 Å². The van der Waals surface area contributed by atoms with Gasteiger partial charge in [0.2, 0.25) is 0 Å². The summed E-state index contributed by atoms with van der Waals surface area (Å²) in [5.41, 5.74) is 3.45. The van der Waals surface area contributed by atoms with Gasteiger partial charge in [0.25, 0.3) is 5.91 Å². The van der Waals surface area contributed by atoms with Crippen LogP contribution < -0.4 is 5.32 Å². The molecule has 0 aliphatic heterocycles. The highest BCUT2D eigenvalue weighted by atomic mass is 32.1. The van der Waals surface area contributed by atoms with Gasteiger partial charge in [0.1, 0.15) is 0 Å². The molecule has 1 heterocycles. The van der Waals surface area contributed by atoms with Crippen molar-refractivity contribution in [1.29, 1.82) is 0 Å². The van der Waals surface area contributed by atoms with Gasteiger partial charge >= 0.3 is 0 Å². The number of anilines is 1. The molecule has 2 atom stereocenters. The lowest BCUT2D eigenvalue weighted by Gasteiger charge is -2.19. The Hall–Kier alpha value is -1.65. The number of nitrogens with one attached hydrogen (secondary N) is 1. The molecular formula is C18H21NO2S. The molecule has 1 aliphatic rings. The molecular weight excluding hydrogens is 294 g/mol. The number of fused-ring (bicyclic) bond motifs is 1. The van der Waals surface area contributed by atoms with E-state index in [2.05, 4.69) is 12.2 Å². The van der Waals surface area contributed by atoms with E-state index in [1.54, 1.807) is 18.3 Å². The summed E-state index contributed by atoms with van der Waals surface area (Å²) in [4.78, 5) is 14.0. The number of carbonyl (C=O) groups is 1. The summed E-state index contributed by atoms with van der Waals surface area (Å²) in [6, 6.07) is 7.41. The van der Waals surface area contributed by atoms with Crippen molar-refractivity contribution in [1.82, 2.24) is 0 Å². The Morgan fingerprint density at radius 3 is 2.95 bits per heavy atom. The number of thiophene rings is 1. The Labute approximate surface area is 135 Å². The molecule has 0 radical (unpaired) electrons. The lowest BCUT2D eigenvalue weighted by Crippen LogP contribution is -2.17. The first-order valence-corrected chi connectivity index (χ1v) is 8.61. The molecule has 0 fully saturated rings. The highest BCUT2D eigenvalue weighted by molar-refractivity contribution is 7.10. The molecule has 0 bridgehead atoms. The smallest absolute Gasteiger partial charge is 0.256 e. The predicted octanol–water partition coefficient (Wildman–Crippen LogP) is 4.18. The van der Waals surface area contributed by atoms with Crippen LogP contribution in [0.25, 0.3) is 0 Å². The number of rotatable bonds is 3. The molecule has 1 amide bonds. The Kier molecular flexibility index (Phi) is 4.32. The van der Waals surface area contributed by atoms with Gasteiger partial charge in [0, 0.05) is 21.5 Å². The van der Waals surface area contributed by atoms with Crippen molar-refractivity contribution >= 4 is 22.9 Å². The minimum Gasteiger partial charge on any atom is -0.389 e. The summed E-state index contributed by atoms with van der Waals surface area (Å²) >= 11 is 1.69. The summed E-state index contributed by atoms with van der Waals surface area (Å²) in [6.07, 6.45) is 2.61. The number of hydrogen-bond acceptors (Lipinski definition) is 3. The molecule has 4 heteroatoms. The molecule has 2 aromatic rings. The number of para-hydroxylation sites is 1. The number of carbonyl (C=O) groups excluding carboxylic acids is 1. The second kappa shape index (κ2) is 6.23. The van der Waals surface area contributed by atoms with Gasteiger partial charge in [-0.3, -0.25) is 4.79 Å². The summed E-state index contributed by atoms with van der Waals surface area (Å²) in [5, 5.41) is 14.8. The van der Waals surface area contributed by atoms with Gasteiger partial charge < -0.3 is 10.4 Å². The van der Waals surface area contributed by atoms with E-state index in [4.69, 9.17) is 0 Å². The molecule has 22 heavy (non-hydrogen) atoms. The highest BCUT2D eigenvalue weighted by Crippen LogP contribution is 2.33. The molecule has 0 saturated carbocycles. The van der Waals surface area contributed by atoms with Crippen molar-refractivity contribution < 1.29 is 9.90 Å². The first kappa shape index (κ1) is 15.3. The Morgan fingerprint density at radius 1 is 1.41 bits per heavy atom. The normalized spacial score (nSPS) is 18.6. The average Bonchev–Trinajstić information content (AvgIpc) is 2.90. The van der Waals surface area contributed by atoms with Crippen LogP contribution in [0.3, 0.4) is 0 Å². The second-order valence-electron chi connectivity index (χ2n) is 6.12. The number of amides is 1. The topological polar surface area (TPSA) is 49.3 Å². The largest absolute Gasteiger partial charge is 0.389 e. The SMILES string of the molecule is CC1CCc2c(C(=O)Nc3ccccc3C(C)O)csc2C1. The van der Waals surface area contributed by atoms with Crippen molar-refractivity contribution in [2.24, 2.45) is 5.92 Å². The third-order valence-electron chi connectivity index (χ3n) is 4.31. The minimum atomic E-state index is -0.603. The van der Waals surface area contributed by atoms with Gasteiger partial charge in [-0.05, 0) is 43.7 Å². The maximum Gasteiger partial charge on any atom is 0.256 e. The van der Waals surface area contributed by atoms with Crippen LogP contribution in [0.1, 0.15) is 52.7 Å². The van der Waals surface area contributed by atoms with Crippen LogP contribution in [0.15, 0.2) is 29.6 Å². The molecule has 3 rings (SSSR count). The summed E-state index contributed by atoms with van der Waals surface area (Å²) in [6.45, 7) is 3.97. The van der Waals surface area contributed by atoms with Crippen LogP contribution in [-0.2, 0) is 12.8 Å². The fourth-order valence-corrected chi connectivity index (χ4v) is 4.28. The average molecular weight is 315 g/mol. The van der Waals surface area contributed by atoms with E-state index in [0.717, 1.165) is 30.4 Å². The summed E-state index contributed by atoms with van der Waals surface area (Å²) in [7, 11) is 0. The third kappa shape index (κ3) is 2.94. The number of benzene rings is 1. The van der Waals surface area contributed by atoms with Crippen LogP contribution in [0, 0.1) is 5.92 Å². The summed E-state index contributed by atoms with van der Waals surface area (Å²) < 4.78 is 0. The van der Waals surface area contributed by atoms with Gasteiger partial charge in [-0.25, -0.2) is 0 Å². The molecule has 2 unspecified atom stereocenters. The van der Waals surface area contributed by atoms with Gasteiger partial charge in [-0.1, -0.05) is 25.1 Å². The monoisotopic (exact) mass is 315 g/mol. The number of hydrogen-bond donors (Lipinski definition) is 2. The molecule has 1 aromatic heterocycles. The Balaban J connectivity index is 1.84. The van der Waals surface area contributed by atoms with E-state index >= 15 is 0 Å². The third-order valence-corrected chi connectivity index (χ3v) is 5.36. The van der Waals surface area contributed by atoms with Crippen LogP contribution in [0.2, 0.25) is 0 Å². The first-order valence-electron chi connectivity index (χ1n) is 7.74. The highest BCUT2D eigenvalue weighted by Gasteiger charge is 2.23. The zero-order valence-electron chi connectivity index (χ0n) is 12.9. The minimum absolute atomic E-state index is 0.0693. The van der Waals surface area contributed by atoms with Crippen molar-refractivity contribution in [3.05, 3.63) is 51.2 Å². The van der Waals surface area contributed by atoms with E-state index in [-0.39, 0.29) is 5.91 Å². The van der Waals surface area contributed by atoms with Crippen LogP contribution >= 0.6 is 11.3 Å². The fraction of sp³-hybridized carbons (Fsp3) is 0.389. The van der Waals surface area contributed by atoms with E-state index in [0.29, 0.717) is 11.6 Å². The number of aliphatic hydroxyl groups is 1. The maximum atomic E-state index is 12.6. The molecule has 2 N–H and O–H groups in total. The van der Waals surface area contributed by atoms with Crippen molar-refractivity contribution in [3.63, 3.8) is 0 Å². The quantitative estimate of drug-likeness (QED) is 0.892. The van der Waals surface area contributed by atoms with E-state index in [9.17, 15) is 9.90 Å². The zero-order valence-corrected chi connectivity index (χ0v) is 13.7. The molecule has 0 saturated heterocycles. The molecule has 1 aliphatic carbocycles. The lowest BCUT2D eigenvalue weighted by molar-refractivity contribution is 0.102. The van der Waals surface area contributed by atoms with Crippen molar-refractivity contribution in [2.75, 3.05) is 5.32 Å². The van der Waals surface area contributed by atoms with Crippen molar-refractivity contribution in [2.45, 2.75) is 39.2 Å². The predicted molar refractivity (Wildman–Crippen MR) is 90.5 cm³/mol. The Morgan fingerprint density at radius 2 is 2.18 bits per heavy atom. The fourth-order valence-electron chi connectivity index (χ4n) is 3.03. The molecule has 116 valence electrons. The van der Waals surface area contributed by atoms with Gasteiger partial charge in [0.05, 0.1) is 11.7 Å². The zero-order chi connectivity index (χ0) is 15.7. The van der Waals surface area contributed by atoms with Gasteiger partial charge in [0.15, 0.2) is 0 Å². The van der Waals surface area contributed by atoms with E-state index in [1.165, 1.54) is 10.4 Å². The van der Waals surface area contributed by atoms with Crippen LogP contribution in [-0.4, -0.2) is 11.0 Å².